The van der Waals surface area contributed by atoms with Crippen molar-refractivity contribution in [3.8, 4) is 11.5 Å². The molecule has 0 fully saturated rings. The highest BCUT2D eigenvalue weighted by molar-refractivity contribution is 7.49. The van der Waals surface area contributed by atoms with Gasteiger partial charge in [0.15, 0.2) is 0 Å². The summed E-state index contributed by atoms with van der Waals surface area (Å²) in [5.74, 6) is 1.17. The van der Waals surface area contributed by atoms with E-state index in [0.717, 1.165) is 22.3 Å². The Bertz CT molecular complexity index is 1110. The highest BCUT2D eigenvalue weighted by atomic mass is 31.2. The van der Waals surface area contributed by atoms with E-state index >= 15 is 0 Å². The first-order valence-electron chi connectivity index (χ1n) is 13.0. The fraction of sp³-hybridized carbons (Fsp3) is 0.613. The number of fused-ring (bicyclic) bond motifs is 2. The quantitative estimate of drug-likeness (QED) is 0.355. The summed E-state index contributed by atoms with van der Waals surface area (Å²) in [4.78, 5) is 0. The number of hydrogen-bond acceptors (Lipinski definition) is 4. The van der Waals surface area contributed by atoms with E-state index in [0.29, 0.717) is 11.5 Å². The average molecular weight is 515 g/mol. The molecule has 0 radical (unpaired) electrons. The van der Waals surface area contributed by atoms with Crippen molar-refractivity contribution in [2.24, 2.45) is 0 Å². The molecular formula is C31H47O4P. The zero-order valence-electron chi connectivity index (χ0n) is 25.0. The second-order valence-corrected chi connectivity index (χ2v) is 16.0. The van der Waals surface area contributed by atoms with Gasteiger partial charge in [-0.1, -0.05) is 114 Å². The second-order valence-electron chi connectivity index (χ2n) is 14.4. The molecular weight excluding hydrogens is 467 g/mol. The first-order chi connectivity index (χ1) is 16.1. The minimum atomic E-state index is -3.96. The summed E-state index contributed by atoms with van der Waals surface area (Å²) >= 11 is 0. The Morgan fingerprint density at radius 2 is 0.972 bits per heavy atom. The molecule has 200 valence electrons. The van der Waals surface area contributed by atoms with Crippen molar-refractivity contribution >= 4 is 7.82 Å². The van der Waals surface area contributed by atoms with E-state index < -0.39 is 7.82 Å². The summed E-state index contributed by atoms with van der Waals surface area (Å²) in [6.07, 6.45) is 0. The second kappa shape index (κ2) is 8.91. The maximum atomic E-state index is 14.1. The molecule has 0 unspecified atom stereocenters. The lowest BCUT2D eigenvalue weighted by molar-refractivity contribution is 0.242. The van der Waals surface area contributed by atoms with Gasteiger partial charge in [0.05, 0.1) is 0 Å². The van der Waals surface area contributed by atoms with Crippen LogP contribution in [0.3, 0.4) is 0 Å². The summed E-state index contributed by atoms with van der Waals surface area (Å²) in [5, 5.41) is 0. The lowest BCUT2D eigenvalue weighted by atomic mass is 9.74. The van der Waals surface area contributed by atoms with Crippen molar-refractivity contribution in [1.29, 1.82) is 0 Å². The zero-order chi connectivity index (χ0) is 27.6. The fourth-order valence-electron chi connectivity index (χ4n) is 4.61. The van der Waals surface area contributed by atoms with Gasteiger partial charge in [-0.25, -0.2) is 4.57 Å². The van der Waals surface area contributed by atoms with Crippen LogP contribution in [0.4, 0.5) is 0 Å². The van der Waals surface area contributed by atoms with E-state index in [1.165, 1.54) is 18.2 Å². The number of phosphoric acid groups is 1. The van der Waals surface area contributed by atoms with Crippen molar-refractivity contribution in [2.75, 3.05) is 7.11 Å². The van der Waals surface area contributed by atoms with E-state index in [4.69, 9.17) is 13.6 Å². The van der Waals surface area contributed by atoms with Gasteiger partial charge in [0.1, 0.15) is 11.5 Å². The van der Waals surface area contributed by atoms with Gasteiger partial charge < -0.3 is 9.05 Å². The SMILES string of the molecule is COP1(=O)Oc2c(cc(C(C)(C)C)cc2C(C)(C)C)C(C)c2cc(C(C)(C)C)cc(C(C)(C)C)c2O1. The predicted molar refractivity (Wildman–Crippen MR) is 151 cm³/mol. The van der Waals surface area contributed by atoms with Crippen LogP contribution in [-0.2, 0) is 30.7 Å². The number of rotatable bonds is 1. The lowest BCUT2D eigenvalue weighted by Crippen LogP contribution is -2.23. The van der Waals surface area contributed by atoms with Crippen LogP contribution in [-0.4, -0.2) is 7.11 Å². The summed E-state index contributed by atoms with van der Waals surface area (Å²) < 4.78 is 32.2. The van der Waals surface area contributed by atoms with Crippen LogP contribution < -0.4 is 9.05 Å². The summed E-state index contributed by atoms with van der Waals surface area (Å²) in [6, 6.07) is 8.84. The van der Waals surface area contributed by atoms with E-state index in [2.05, 4.69) is 114 Å². The molecule has 3 rings (SSSR count). The van der Waals surface area contributed by atoms with E-state index in [1.54, 1.807) is 0 Å². The van der Waals surface area contributed by atoms with Crippen molar-refractivity contribution in [3.05, 3.63) is 57.6 Å². The van der Waals surface area contributed by atoms with Crippen LogP contribution in [0.25, 0.3) is 0 Å². The minimum absolute atomic E-state index is 0.0487. The highest BCUT2D eigenvalue weighted by Crippen LogP contribution is 2.59. The molecule has 36 heavy (non-hydrogen) atoms. The van der Waals surface area contributed by atoms with E-state index in [1.807, 2.05) is 0 Å². The molecule has 0 aliphatic carbocycles. The van der Waals surface area contributed by atoms with Crippen LogP contribution >= 0.6 is 7.82 Å². The van der Waals surface area contributed by atoms with Gasteiger partial charge in [-0.15, -0.1) is 0 Å². The number of hydrogen-bond donors (Lipinski definition) is 0. The summed E-state index contributed by atoms with van der Waals surface area (Å²) in [7, 11) is -2.57. The normalized spacial score (nSPS) is 21.0. The molecule has 2 aromatic rings. The standard InChI is InChI=1S/C31H47O4P/c1-19-22-15-20(28(2,3)4)17-24(30(8,9)10)26(22)34-36(32,33-14)35-27-23(19)16-21(29(5,6)7)18-25(27)31(11,12)13/h15-19H,1-14H3. The Labute approximate surface area is 219 Å². The van der Waals surface area contributed by atoms with Crippen LogP contribution in [0.5, 0.6) is 11.5 Å². The van der Waals surface area contributed by atoms with Gasteiger partial charge in [0, 0.05) is 35.3 Å². The number of phosphoric ester groups is 1. The molecule has 0 bridgehead atoms. The largest absolute Gasteiger partial charge is 0.587 e. The molecule has 0 aromatic heterocycles. The molecule has 0 spiro atoms. The molecule has 4 nitrogen and oxygen atoms in total. The highest BCUT2D eigenvalue weighted by Gasteiger charge is 2.41. The molecule has 1 heterocycles. The van der Waals surface area contributed by atoms with Crippen molar-refractivity contribution in [1.82, 2.24) is 0 Å². The minimum Gasteiger partial charge on any atom is -0.394 e. The van der Waals surface area contributed by atoms with Crippen molar-refractivity contribution in [3.63, 3.8) is 0 Å². The third-order valence-corrected chi connectivity index (χ3v) is 8.41. The Kier molecular flexibility index (Phi) is 7.13. The summed E-state index contributed by atoms with van der Waals surface area (Å²) in [6.45, 7) is 28.5. The third-order valence-electron chi connectivity index (χ3n) is 7.15. The van der Waals surface area contributed by atoms with Crippen molar-refractivity contribution < 1.29 is 18.1 Å². The van der Waals surface area contributed by atoms with Crippen molar-refractivity contribution in [2.45, 2.75) is 118 Å². The molecule has 1 aliphatic heterocycles. The monoisotopic (exact) mass is 514 g/mol. The van der Waals surface area contributed by atoms with E-state index in [-0.39, 0.29) is 27.6 Å². The maximum Gasteiger partial charge on any atom is 0.587 e. The molecule has 0 atom stereocenters. The van der Waals surface area contributed by atoms with Crippen LogP contribution in [0, 0.1) is 0 Å². The Morgan fingerprint density at radius 1 is 0.639 bits per heavy atom. The van der Waals surface area contributed by atoms with Crippen LogP contribution in [0.15, 0.2) is 24.3 Å². The van der Waals surface area contributed by atoms with Gasteiger partial charge >= 0.3 is 7.82 Å². The number of benzene rings is 2. The molecule has 0 N–H and O–H groups in total. The first-order valence-corrected chi connectivity index (χ1v) is 14.5. The van der Waals surface area contributed by atoms with Crippen LogP contribution in [0.1, 0.15) is 129 Å². The maximum absolute atomic E-state index is 14.1. The van der Waals surface area contributed by atoms with Gasteiger partial charge in [0.2, 0.25) is 0 Å². The fourth-order valence-corrected chi connectivity index (χ4v) is 5.66. The van der Waals surface area contributed by atoms with Gasteiger partial charge in [0.25, 0.3) is 0 Å². The Morgan fingerprint density at radius 3 is 1.22 bits per heavy atom. The lowest BCUT2D eigenvalue weighted by Gasteiger charge is -2.36. The average Bonchev–Trinajstić information content (AvgIpc) is 2.69. The molecule has 5 heteroatoms. The first kappa shape index (κ1) is 28.8. The smallest absolute Gasteiger partial charge is 0.394 e. The van der Waals surface area contributed by atoms with Crippen LogP contribution in [0.2, 0.25) is 0 Å². The third kappa shape index (κ3) is 5.55. The van der Waals surface area contributed by atoms with Gasteiger partial charge in [-0.2, -0.15) is 0 Å². The Hall–Kier alpha value is -1.77. The predicted octanol–water partition coefficient (Wildman–Crippen LogP) is 9.55. The molecule has 0 saturated carbocycles. The molecule has 0 saturated heterocycles. The molecule has 2 aromatic carbocycles. The molecule has 0 amide bonds. The van der Waals surface area contributed by atoms with Gasteiger partial charge in [-0.3, -0.25) is 4.52 Å². The Balaban J connectivity index is 2.53. The van der Waals surface area contributed by atoms with Gasteiger partial charge in [-0.05, 0) is 32.8 Å². The molecule has 1 aliphatic rings. The van der Waals surface area contributed by atoms with E-state index in [9.17, 15) is 4.57 Å². The summed E-state index contributed by atoms with van der Waals surface area (Å²) in [5.41, 5.74) is 5.87. The zero-order valence-corrected chi connectivity index (χ0v) is 25.9. The topological polar surface area (TPSA) is 44.8 Å².